The fourth-order valence-electron chi connectivity index (χ4n) is 5.01. The van der Waals surface area contributed by atoms with Gasteiger partial charge in [0.2, 0.25) is 0 Å². The Kier molecular flexibility index (Phi) is 14.9. The summed E-state index contributed by atoms with van der Waals surface area (Å²) >= 11 is 0. The molecule has 0 aliphatic rings. The van der Waals surface area contributed by atoms with E-state index in [0.717, 1.165) is 74.9 Å². The van der Waals surface area contributed by atoms with Crippen molar-refractivity contribution in [2.24, 2.45) is 0 Å². The number of aryl methyl sites for hydroxylation is 2. The highest BCUT2D eigenvalue weighted by atomic mass is 31.2. The Morgan fingerprint density at radius 2 is 1.12 bits per heavy atom. The van der Waals surface area contributed by atoms with Crippen LogP contribution in [0.2, 0.25) is 0 Å². The van der Waals surface area contributed by atoms with Crippen LogP contribution in [-0.4, -0.2) is 63.0 Å². The summed E-state index contributed by atoms with van der Waals surface area (Å²) in [7, 11) is -13.0. The first-order valence-corrected chi connectivity index (χ1v) is 21.4. The zero-order valence-electron chi connectivity index (χ0n) is 30.0. The second kappa shape index (κ2) is 16.8. The molecule has 0 amide bonds. The normalized spacial score (nSPS) is 17.3. The van der Waals surface area contributed by atoms with Gasteiger partial charge in [0, 0.05) is 42.7 Å². The number of benzene rings is 2. The quantitative estimate of drug-likeness (QED) is 0.0960. The SMILES string of the molecule is C=C(C)c1ccc(C)cc1-c1c(OP(=O)(OC)C(C)(O)P(=O)(OC)OC)cc(CCCCC)cc1OP(=O)(OC)C(C)(O)P(=O)(OC)OC. The van der Waals surface area contributed by atoms with Crippen LogP contribution >= 0.6 is 30.4 Å². The predicted octanol–water partition coefficient (Wildman–Crippen LogP) is 9.17. The third-order valence-electron chi connectivity index (χ3n) is 8.05. The average molecular weight is 771 g/mol. The third-order valence-corrected chi connectivity index (χ3v) is 18.9. The van der Waals surface area contributed by atoms with Gasteiger partial charge in [0.1, 0.15) is 11.5 Å². The van der Waals surface area contributed by atoms with Crippen LogP contribution in [0.1, 0.15) is 63.6 Å². The van der Waals surface area contributed by atoms with Gasteiger partial charge in [-0.15, -0.1) is 0 Å². The monoisotopic (exact) mass is 770 g/mol. The first-order valence-electron chi connectivity index (χ1n) is 15.2. The molecule has 0 radical (unpaired) electrons. The summed E-state index contributed by atoms with van der Waals surface area (Å²) in [5, 5.41) is 17.3. The van der Waals surface area contributed by atoms with E-state index in [-0.39, 0.29) is 17.1 Å². The van der Waals surface area contributed by atoms with Crippen molar-refractivity contribution >= 4 is 36.0 Å². The molecule has 2 N–H and O–H groups in total. The third kappa shape index (κ3) is 8.38. The van der Waals surface area contributed by atoms with E-state index in [1.165, 1.54) is 12.1 Å². The lowest BCUT2D eigenvalue weighted by Gasteiger charge is -2.36. The van der Waals surface area contributed by atoms with E-state index in [9.17, 15) is 28.5 Å². The lowest BCUT2D eigenvalue weighted by Crippen LogP contribution is -2.30. The van der Waals surface area contributed by atoms with Crippen molar-refractivity contribution < 1.29 is 64.7 Å². The van der Waals surface area contributed by atoms with E-state index in [0.29, 0.717) is 35.1 Å². The number of unbranched alkanes of at least 4 members (excludes halogenated alkanes) is 2. The van der Waals surface area contributed by atoms with E-state index < -0.39 is 40.5 Å². The van der Waals surface area contributed by atoms with Crippen molar-refractivity contribution in [2.45, 2.75) is 70.5 Å². The summed E-state index contributed by atoms with van der Waals surface area (Å²) in [5.74, 6) is -0.462. The standard InChI is InChI=1S/C31H50O14P4/c1-13-14-15-16-24-20-27(44-48(36,42-11)30(5,32)46(34,38-7)39-8)29(26-19-23(4)17-18-25(26)22(2)3)28(21-24)45-49(37,43-12)31(6,33)47(35,40-9)41-10/h17-21,32-33H,2,13-16H2,1,3-12H3. The summed E-state index contributed by atoms with van der Waals surface area (Å²) in [6.45, 7) is 11.5. The molecular formula is C31H50O14P4. The van der Waals surface area contributed by atoms with Crippen molar-refractivity contribution in [3.05, 3.63) is 53.6 Å². The molecule has 14 nitrogen and oxygen atoms in total. The molecule has 0 saturated heterocycles. The molecule has 18 heteroatoms. The topological polar surface area (TPSA) is 183 Å². The Morgan fingerprint density at radius 3 is 1.47 bits per heavy atom. The van der Waals surface area contributed by atoms with Crippen molar-refractivity contribution in [3.8, 4) is 22.6 Å². The van der Waals surface area contributed by atoms with Crippen LogP contribution in [0.25, 0.3) is 16.7 Å². The van der Waals surface area contributed by atoms with Crippen molar-refractivity contribution in [1.82, 2.24) is 0 Å². The second-order valence-electron chi connectivity index (χ2n) is 11.5. The molecule has 4 unspecified atom stereocenters. The zero-order valence-corrected chi connectivity index (χ0v) is 33.6. The van der Waals surface area contributed by atoms with E-state index in [4.69, 9.17) is 36.2 Å². The summed E-state index contributed by atoms with van der Waals surface area (Å²) < 4.78 is 98.8. The van der Waals surface area contributed by atoms with E-state index in [2.05, 4.69) is 6.58 Å². The molecule has 4 atom stereocenters. The van der Waals surface area contributed by atoms with Gasteiger partial charge in [-0.25, -0.2) is 9.13 Å². The van der Waals surface area contributed by atoms with Crippen molar-refractivity contribution in [3.63, 3.8) is 0 Å². The molecule has 0 aromatic heterocycles. The Labute approximate surface area is 289 Å². The fourth-order valence-corrected chi connectivity index (χ4v) is 12.8. The van der Waals surface area contributed by atoms with E-state index in [1.54, 1.807) is 19.1 Å². The Hall–Kier alpha value is -1.62. The van der Waals surface area contributed by atoms with Crippen LogP contribution in [0, 0.1) is 6.92 Å². The first-order chi connectivity index (χ1) is 22.7. The maximum atomic E-state index is 14.5. The molecule has 0 heterocycles. The minimum Gasteiger partial charge on any atom is -0.421 e. The van der Waals surface area contributed by atoms with Gasteiger partial charge in [0.25, 0.3) is 10.2 Å². The van der Waals surface area contributed by atoms with Crippen molar-refractivity contribution in [1.29, 1.82) is 0 Å². The van der Waals surface area contributed by atoms with Crippen molar-refractivity contribution in [2.75, 3.05) is 42.7 Å². The first kappa shape index (κ1) is 43.5. The molecule has 278 valence electrons. The molecule has 0 fully saturated rings. The van der Waals surface area contributed by atoms with Crippen LogP contribution in [0.3, 0.4) is 0 Å². The van der Waals surface area contributed by atoms with Gasteiger partial charge in [0.05, 0.1) is 5.56 Å². The molecule has 49 heavy (non-hydrogen) atoms. The minimum absolute atomic E-state index is 0.00331. The van der Waals surface area contributed by atoms with Crippen LogP contribution < -0.4 is 9.05 Å². The molecule has 2 aromatic rings. The van der Waals surface area contributed by atoms with Gasteiger partial charge in [0.15, 0.2) is 0 Å². The molecule has 0 aliphatic carbocycles. The zero-order chi connectivity index (χ0) is 37.6. The van der Waals surface area contributed by atoms with Crippen LogP contribution in [0.4, 0.5) is 0 Å². The number of hydrogen-bond donors (Lipinski definition) is 2. The Morgan fingerprint density at radius 1 is 0.714 bits per heavy atom. The van der Waals surface area contributed by atoms with Crippen LogP contribution in [0.15, 0.2) is 36.9 Å². The maximum Gasteiger partial charge on any atom is 0.422 e. The molecule has 2 aromatic carbocycles. The number of aliphatic hydroxyl groups is 2. The van der Waals surface area contributed by atoms with Gasteiger partial charge in [-0.2, -0.15) is 0 Å². The molecule has 0 spiro atoms. The Balaban J connectivity index is 3.20. The van der Waals surface area contributed by atoms with Gasteiger partial charge >= 0.3 is 30.4 Å². The fraction of sp³-hybridized carbons (Fsp3) is 0.548. The summed E-state index contributed by atoms with van der Waals surface area (Å²) in [4.78, 5) is 0. The molecular weight excluding hydrogens is 720 g/mol. The van der Waals surface area contributed by atoms with Gasteiger partial charge in [-0.05, 0) is 69.4 Å². The number of hydrogen-bond acceptors (Lipinski definition) is 14. The highest BCUT2D eigenvalue weighted by Crippen LogP contribution is 2.77. The minimum atomic E-state index is -4.95. The smallest absolute Gasteiger partial charge is 0.421 e. The average Bonchev–Trinajstić information content (AvgIpc) is 3.06. The molecule has 0 bridgehead atoms. The summed E-state index contributed by atoms with van der Waals surface area (Å²) in [5.41, 5.74) is 2.76. The highest BCUT2D eigenvalue weighted by Gasteiger charge is 2.63. The predicted molar refractivity (Wildman–Crippen MR) is 190 cm³/mol. The molecule has 2 rings (SSSR count). The van der Waals surface area contributed by atoms with E-state index in [1.807, 2.05) is 19.9 Å². The lowest BCUT2D eigenvalue weighted by atomic mass is 9.91. The highest BCUT2D eigenvalue weighted by molar-refractivity contribution is 7.74. The Bertz CT molecular complexity index is 1590. The van der Waals surface area contributed by atoms with Gasteiger partial charge in [-0.1, -0.05) is 55.7 Å². The second-order valence-corrected chi connectivity index (χ2v) is 22.2. The summed E-state index contributed by atoms with van der Waals surface area (Å²) in [6, 6.07) is 8.37. The van der Waals surface area contributed by atoms with Gasteiger partial charge in [-0.3, -0.25) is 9.13 Å². The largest absolute Gasteiger partial charge is 0.422 e. The number of allylic oxidation sites excluding steroid dienone is 1. The number of rotatable bonds is 20. The van der Waals surface area contributed by atoms with E-state index >= 15 is 0 Å². The van der Waals surface area contributed by atoms with Crippen LogP contribution in [0.5, 0.6) is 11.5 Å². The van der Waals surface area contributed by atoms with Crippen LogP contribution in [-0.2, 0) is 51.8 Å². The van der Waals surface area contributed by atoms with Gasteiger partial charge < -0.3 is 46.4 Å². The maximum absolute atomic E-state index is 14.5. The lowest BCUT2D eigenvalue weighted by molar-refractivity contribution is 0.124. The molecule has 0 aliphatic heterocycles. The summed E-state index contributed by atoms with van der Waals surface area (Å²) in [6.07, 6.45) is 2.80. The molecule has 0 saturated carbocycles.